The van der Waals surface area contributed by atoms with Crippen molar-refractivity contribution in [2.45, 2.75) is 26.9 Å². The van der Waals surface area contributed by atoms with Crippen molar-refractivity contribution in [3.05, 3.63) is 29.8 Å². The lowest BCUT2D eigenvalue weighted by Gasteiger charge is -2.35. The van der Waals surface area contributed by atoms with Gasteiger partial charge in [-0.25, -0.2) is 0 Å². The highest BCUT2D eigenvalue weighted by molar-refractivity contribution is 5.81. The minimum absolute atomic E-state index is 0.00626. The fourth-order valence-electron chi connectivity index (χ4n) is 2.71. The van der Waals surface area contributed by atoms with E-state index in [1.54, 1.807) is 6.92 Å². The first-order valence-corrected chi connectivity index (χ1v) is 8.50. The lowest BCUT2D eigenvalue weighted by Crippen LogP contribution is -2.53. The maximum Gasteiger partial charge on any atom is 0.263 e. The summed E-state index contributed by atoms with van der Waals surface area (Å²) in [5.41, 5.74) is 1.16. The largest absolute Gasteiger partial charge is 0.481 e. The fraction of sp³-hybridized carbons (Fsp3) is 0.556. The third kappa shape index (κ3) is 5.23. The predicted octanol–water partition coefficient (Wildman–Crippen LogP) is 1.04. The van der Waals surface area contributed by atoms with Gasteiger partial charge in [-0.2, -0.15) is 0 Å². The van der Waals surface area contributed by atoms with Crippen molar-refractivity contribution in [1.29, 1.82) is 0 Å². The molecule has 1 unspecified atom stereocenters. The lowest BCUT2D eigenvalue weighted by atomic mass is 10.2. The Kier molecular flexibility index (Phi) is 6.61. The number of piperazine rings is 1. The number of hydrogen-bond acceptors (Lipinski definition) is 4. The van der Waals surface area contributed by atoms with Gasteiger partial charge in [-0.05, 0) is 32.9 Å². The number of ether oxygens (including phenoxy) is 1. The molecule has 0 radical (unpaired) electrons. The molecule has 1 saturated heterocycles. The Morgan fingerprint density at radius 3 is 2.38 bits per heavy atom. The van der Waals surface area contributed by atoms with Gasteiger partial charge in [-0.15, -0.1) is 0 Å². The molecule has 1 aliphatic rings. The Morgan fingerprint density at radius 2 is 1.79 bits per heavy atom. The van der Waals surface area contributed by atoms with E-state index in [0.29, 0.717) is 45.0 Å². The second-order valence-electron chi connectivity index (χ2n) is 6.13. The van der Waals surface area contributed by atoms with E-state index in [4.69, 9.17) is 4.74 Å². The Balaban J connectivity index is 1.79. The summed E-state index contributed by atoms with van der Waals surface area (Å²) < 4.78 is 5.74. The summed E-state index contributed by atoms with van der Waals surface area (Å²) in [5.74, 6) is 0.734. The van der Waals surface area contributed by atoms with Crippen molar-refractivity contribution >= 4 is 11.8 Å². The van der Waals surface area contributed by atoms with E-state index in [9.17, 15) is 9.59 Å². The van der Waals surface area contributed by atoms with Gasteiger partial charge in [-0.3, -0.25) is 14.5 Å². The summed E-state index contributed by atoms with van der Waals surface area (Å²) in [7, 11) is 0. The van der Waals surface area contributed by atoms with Crippen LogP contribution in [0.3, 0.4) is 0 Å². The summed E-state index contributed by atoms with van der Waals surface area (Å²) in [5, 5.41) is 2.80. The number of carbonyl (C=O) groups excluding carboxylic acids is 2. The zero-order chi connectivity index (χ0) is 17.5. The van der Waals surface area contributed by atoms with Gasteiger partial charge in [0, 0.05) is 32.7 Å². The molecule has 0 spiro atoms. The number of hydrogen-bond donors (Lipinski definition) is 1. The standard InChI is InChI=1S/C18H27N3O3/c1-4-19-17(22)13-20-9-11-21(12-10-20)18(23)15(3)24-16-7-5-14(2)6-8-16/h5-8,15H,4,9-13H2,1-3H3,(H,19,22). The van der Waals surface area contributed by atoms with Crippen LogP contribution in [0.1, 0.15) is 19.4 Å². The van der Waals surface area contributed by atoms with Crippen LogP contribution < -0.4 is 10.1 Å². The average molecular weight is 333 g/mol. The van der Waals surface area contributed by atoms with Crippen molar-refractivity contribution in [1.82, 2.24) is 15.1 Å². The minimum atomic E-state index is -0.511. The van der Waals surface area contributed by atoms with Gasteiger partial charge in [0.1, 0.15) is 5.75 Å². The molecule has 1 aromatic rings. The summed E-state index contributed by atoms with van der Waals surface area (Å²) in [4.78, 5) is 28.0. The quantitative estimate of drug-likeness (QED) is 0.845. The zero-order valence-electron chi connectivity index (χ0n) is 14.7. The van der Waals surface area contributed by atoms with E-state index in [0.717, 1.165) is 5.56 Å². The third-order valence-corrected chi connectivity index (χ3v) is 4.11. The van der Waals surface area contributed by atoms with Gasteiger partial charge in [0.15, 0.2) is 6.10 Å². The molecule has 0 aliphatic carbocycles. The first kappa shape index (κ1) is 18.3. The first-order valence-electron chi connectivity index (χ1n) is 8.50. The second-order valence-corrected chi connectivity index (χ2v) is 6.13. The number of carbonyl (C=O) groups is 2. The number of nitrogens with one attached hydrogen (secondary N) is 1. The van der Waals surface area contributed by atoms with Gasteiger partial charge >= 0.3 is 0 Å². The molecular weight excluding hydrogens is 306 g/mol. The van der Waals surface area contributed by atoms with Crippen LogP contribution in [-0.2, 0) is 9.59 Å². The molecule has 1 aromatic carbocycles. The van der Waals surface area contributed by atoms with E-state index in [-0.39, 0.29) is 11.8 Å². The Hall–Kier alpha value is -2.08. The van der Waals surface area contributed by atoms with Gasteiger partial charge in [0.2, 0.25) is 5.91 Å². The highest BCUT2D eigenvalue weighted by atomic mass is 16.5. The molecule has 0 saturated carbocycles. The zero-order valence-corrected chi connectivity index (χ0v) is 14.7. The van der Waals surface area contributed by atoms with E-state index in [1.807, 2.05) is 43.0 Å². The highest BCUT2D eigenvalue weighted by Gasteiger charge is 2.26. The number of likely N-dealkylation sites (N-methyl/N-ethyl adjacent to an activating group) is 1. The van der Waals surface area contributed by atoms with Crippen LogP contribution in [0.5, 0.6) is 5.75 Å². The Labute approximate surface area is 143 Å². The molecule has 6 heteroatoms. The minimum Gasteiger partial charge on any atom is -0.481 e. The van der Waals surface area contributed by atoms with Crippen molar-refractivity contribution in [3.8, 4) is 5.75 Å². The normalized spacial score (nSPS) is 16.5. The molecule has 2 rings (SSSR count). The summed E-state index contributed by atoms with van der Waals surface area (Å²) in [6, 6.07) is 7.69. The predicted molar refractivity (Wildman–Crippen MR) is 93.0 cm³/mol. The summed E-state index contributed by atoms with van der Waals surface area (Å²) >= 11 is 0. The molecule has 132 valence electrons. The number of amides is 2. The highest BCUT2D eigenvalue weighted by Crippen LogP contribution is 2.15. The van der Waals surface area contributed by atoms with Crippen molar-refractivity contribution in [2.24, 2.45) is 0 Å². The van der Waals surface area contributed by atoms with E-state index >= 15 is 0 Å². The molecule has 24 heavy (non-hydrogen) atoms. The van der Waals surface area contributed by atoms with Gasteiger partial charge in [0.25, 0.3) is 5.91 Å². The Morgan fingerprint density at radius 1 is 1.17 bits per heavy atom. The molecule has 1 atom stereocenters. The van der Waals surface area contributed by atoms with E-state index in [1.165, 1.54) is 0 Å². The second kappa shape index (κ2) is 8.68. The van der Waals surface area contributed by atoms with Gasteiger partial charge in [0.05, 0.1) is 6.54 Å². The van der Waals surface area contributed by atoms with Crippen LogP contribution in [0.2, 0.25) is 0 Å². The van der Waals surface area contributed by atoms with Crippen LogP contribution in [0.25, 0.3) is 0 Å². The number of aryl methyl sites for hydroxylation is 1. The molecule has 6 nitrogen and oxygen atoms in total. The average Bonchev–Trinajstić information content (AvgIpc) is 2.57. The van der Waals surface area contributed by atoms with Crippen LogP contribution in [0.4, 0.5) is 0 Å². The molecule has 1 aliphatic heterocycles. The van der Waals surface area contributed by atoms with Crippen LogP contribution in [-0.4, -0.2) is 67.0 Å². The lowest BCUT2D eigenvalue weighted by molar-refractivity contribution is -0.139. The molecule has 0 aromatic heterocycles. The third-order valence-electron chi connectivity index (χ3n) is 4.11. The maximum absolute atomic E-state index is 12.5. The summed E-state index contributed by atoms with van der Waals surface area (Å²) in [6.07, 6.45) is -0.511. The van der Waals surface area contributed by atoms with E-state index < -0.39 is 6.10 Å². The Bertz CT molecular complexity index is 551. The summed E-state index contributed by atoms with van der Waals surface area (Å²) in [6.45, 7) is 9.40. The van der Waals surface area contributed by atoms with Gasteiger partial charge in [-0.1, -0.05) is 17.7 Å². The van der Waals surface area contributed by atoms with Crippen LogP contribution >= 0.6 is 0 Å². The number of rotatable bonds is 6. The molecule has 0 bridgehead atoms. The molecule has 1 N–H and O–H groups in total. The van der Waals surface area contributed by atoms with Crippen LogP contribution in [0.15, 0.2) is 24.3 Å². The molecular formula is C18H27N3O3. The maximum atomic E-state index is 12.5. The van der Waals surface area contributed by atoms with Crippen LogP contribution in [0, 0.1) is 6.92 Å². The number of nitrogens with zero attached hydrogens (tertiary/aromatic N) is 2. The molecule has 2 amide bonds. The number of benzene rings is 1. The fourth-order valence-corrected chi connectivity index (χ4v) is 2.71. The first-order chi connectivity index (χ1) is 11.5. The smallest absolute Gasteiger partial charge is 0.263 e. The van der Waals surface area contributed by atoms with Gasteiger partial charge < -0.3 is 15.0 Å². The van der Waals surface area contributed by atoms with Crippen molar-refractivity contribution < 1.29 is 14.3 Å². The SMILES string of the molecule is CCNC(=O)CN1CCN(C(=O)C(C)Oc2ccc(C)cc2)CC1. The topological polar surface area (TPSA) is 61.9 Å². The van der Waals surface area contributed by atoms with E-state index in [2.05, 4.69) is 10.2 Å². The van der Waals surface area contributed by atoms with Crippen molar-refractivity contribution in [2.75, 3.05) is 39.3 Å². The van der Waals surface area contributed by atoms with Crippen molar-refractivity contribution in [3.63, 3.8) is 0 Å². The molecule has 1 fully saturated rings. The monoisotopic (exact) mass is 333 g/mol. The molecule has 1 heterocycles.